The SMILES string of the molecule is CCC(NC(=O)c1cccc(C(=O)O)c1)c1nc(C(F)(F)F)cs1. The van der Waals surface area contributed by atoms with Gasteiger partial charge >= 0.3 is 12.1 Å². The fourth-order valence-electron chi connectivity index (χ4n) is 1.95. The van der Waals surface area contributed by atoms with Crippen LogP contribution in [0, 0.1) is 0 Å². The molecule has 2 rings (SSSR count). The second-order valence-electron chi connectivity index (χ2n) is 4.89. The highest BCUT2D eigenvalue weighted by Gasteiger charge is 2.34. The van der Waals surface area contributed by atoms with E-state index in [-0.39, 0.29) is 16.1 Å². The summed E-state index contributed by atoms with van der Waals surface area (Å²) in [6.07, 6.45) is -4.19. The van der Waals surface area contributed by atoms with Crippen LogP contribution < -0.4 is 5.32 Å². The molecule has 1 amide bonds. The van der Waals surface area contributed by atoms with E-state index in [0.717, 1.165) is 16.7 Å². The van der Waals surface area contributed by atoms with Gasteiger partial charge in [0.2, 0.25) is 0 Å². The molecule has 0 aliphatic rings. The Bertz CT molecular complexity index is 758. The summed E-state index contributed by atoms with van der Waals surface area (Å²) in [6, 6.07) is 4.70. The van der Waals surface area contributed by atoms with Gasteiger partial charge in [-0.15, -0.1) is 11.3 Å². The predicted molar refractivity (Wildman–Crippen MR) is 81.0 cm³/mol. The first-order valence-corrected chi connectivity index (χ1v) is 7.77. The zero-order valence-electron chi connectivity index (χ0n) is 12.4. The van der Waals surface area contributed by atoms with Crippen LogP contribution in [0.15, 0.2) is 29.6 Å². The molecule has 1 aromatic heterocycles. The minimum atomic E-state index is -4.53. The number of hydrogen-bond donors (Lipinski definition) is 2. The predicted octanol–water partition coefficient (Wildman–Crippen LogP) is 3.74. The van der Waals surface area contributed by atoms with Gasteiger partial charge in [0.1, 0.15) is 5.01 Å². The summed E-state index contributed by atoms with van der Waals surface area (Å²) in [7, 11) is 0. The molecule has 0 bridgehead atoms. The molecule has 0 saturated heterocycles. The normalized spacial score (nSPS) is 12.7. The van der Waals surface area contributed by atoms with Gasteiger partial charge in [0.25, 0.3) is 5.91 Å². The molecular weight excluding hydrogens is 345 g/mol. The van der Waals surface area contributed by atoms with Crippen LogP contribution in [0.2, 0.25) is 0 Å². The molecular formula is C15H13F3N2O3S. The molecule has 0 spiro atoms. The average molecular weight is 358 g/mol. The van der Waals surface area contributed by atoms with Crippen molar-refractivity contribution in [1.82, 2.24) is 10.3 Å². The number of amides is 1. The van der Waals surface area contributed by atoms with Crippen molar-refractivity contribution in [2.24, 2.45) is 0 Å². The van der Waals surface area contributed by atoms with Gasteiger partial charge < -0.3 is 10.4 Å². The van der Waals surface area contributed by atoms with Crippen molar-refractivity contribution in [1.29, 1.82) is 0 Å². The fourth-order valence-corrected chi connectivity index (χ4v) is 2.91. The van der Waals surface area contributed by atoms with Crippen LogP contribution in [0.1, 0.15) is 50.8 Å². The van der Waals surface area contributed by atoms with Crippen LogP contribution in [0.5, 0.6) is 0 Å². The summed E-state index contributed by atoms with van der Waals surface area (Å²) >= 11 is 0.814. The largest absolute Gasteiger partial charge is 0.478 e. The number of alkyl halides is 3. The van der Waals surface area contributed by atoms with Gasteiger partial charge in [-0.3, -0.25) is 4.79 Å². The van der Waals surface area contributed by atoms with E-state index in [2.05, 4.69) is 10.3 Å². The maximum absolute atomic E-state index is 12.6. The van der Waals surface area contributed by atoms with Crippen LogP contribution in [0.25, 0.3) is 0 Å². The van der Waals surface area contributed by atoms with Crippen molar-refractivity contribution in [2.75, 3.05) is 0 Å². The first kappa shape index (κ1) is 17.9. The van der Waals surface area contributed by atoms with Gasteiger partial charge in [-0.2, -0.15) is 13.2 Å². The van der Waals surface area contributed by atoms with Gasteiger partial charge in [0, 0.05) is 10.9 Å². The molecule has 0 radical (unpaired) electrons. The Kier molecular flexibility index (Phi) is 5.23. The molecule has 1 heterocycles. The summed E-state index contributed by atoms with van der Waals surface area (Å²) in [5.74, 6) is -1.75. The van der Waals surface area contributed by atoms with Gasteiger partial charge in [-0.1, -0.05) is 13.0 Å². The van der Waals surface area contributed by atoms with Crippen LogP contribution in [-0.2, 0) is 6.18 Å². The molecule has 5 nitrogen and oxygen atoms in total. The maximum atomic E-state index is 12.6. The highest BCUT2D eigenvalue weighted by atomic mass is 32.1. The molecule has 2 aromatic rings. The minimum absolute atomic E-state index is 0.0516. The third kappa shape index (κ3) is 4.10. The molecule has 24 heavy (non-hydrogen) atoms. The number of nitrogens with zero attached hydrogens (tertiary/aromatic N) is 1. The van der Waals surface area contributed by atoms with Crippen molar-refractivity contribution in [3.63, 3.8) is 0 Å². The summed E-state index contributed by atoms with van der Waals surface area (Å²) in [6.45, 7) is 1.70. The number of carboxylic acid groups (broad SMARTS) is 1. The van der Waals surface area contributed by atoms with Gasteiger partial charge in [0.05, 0.1) is 11.6 Å². The lowest BCUT2D eigenvalue weighted by molar-refractivity contribution is -0.140. The third-order valence-electron chi connectivity index (χ3n) is 3.20. The Hall–Kier alpha value is -2.42. The van der Waals surface area contributed by atoms with Gasteiger partial charge in [-0.05, 0) is 24.6 Å². The number of carbonyl (C=O) groups excluding carboxylic acids is 1. The quantitative estimate of drug-likeness (QED) is 0.853. The molecule has 128 valence electrons. The molecule has 0 aliphatic carbocycles. The lowest BCUT2D eigenvalue weighted by Gasteiger charge is -2.14. The standard InChI is InChI=1S/C15H13F3N2O3S/c1-2-10(13-20-11(7-24-13)15(16,17)18)19-12(21)8-4-3-5-9(6-8)14(22)23/h3-7,10H,2H2,1H3,(H,19,21)(H,22,23). The first-order chi connectivity index (χ1) is 11.2. The molecule has 0 fully saturated rings. The van der Waals surface area contributed by atoms with Crippen LogP contribution in [0.3, 0.4) is 0 Å². The summed E-state index contributed by atoms with van der Waals surface area (Å²) in [5.41, 5.74) is -0.937. The number of aromatic nitrogens is 1. The number of nitrogens with one attached hydrogen (secondary N) is 1. The fraction of sp³-hybridized carbons (Fsp3) is 0.267. The summed E-state index contributed by atoms with van der Waals surface area (Å²) in [4.78, 5) is 26.7. The Morgan fingerprint density at radius 1 is 1.33 bits per heavy atom. The first-order valence-electron chi connectivity index (χ1n) is 6.89. The van der Waals surface area contributed by atoms with Crippen molar-refractivity contribution in [2.45, 2.75) is 25.6 Å². The smallest absolute Gasteiger partial charge is 0.434 e. The Morgan fingerprint density at radius 2 is 2.00 bits per heavy atom. The monoisotopic (exact) mass is 358 g/mol. The number of rotatable bonds is 5. The number of thiazole rings is 1. The molecule has 9 heteroatoms. The zero-order chi connectivity index (χ0) is 17.9. The van der Waals surface area contributed by atoms with E-state index in [4.69, 9.17) is 5.11 Å². The Balaban J connectivity index is 2.18. The van der Waals surface area contributed by atoms with E-state index >= 15 is 0 Å². The van der Waals surface area contributed by atoms with Crippen LogP contribution in [-0.4, -0.2) is 22.0 Å². The van der Waals surface area contributed by atoms with E-state index < -0.39 is 29.8 Å². The van der Waals surface area contributed by atoms with E-state index in [9.17, 15) is 22.8 Å². The number of aromatic carboxylic acids is 1. The number of carboxylic acids is 1. The van der Waals surface area contributed by atoms with Gasteiger partial charge in [-0.25, -0.2) is 9.78 Å². The molecule has 2 N–H and O–H groups in total. The van der Waals surface area contributed by atoms with E-state index in [1.807, 2.05) is 0 Å². The lowest BCUT2D eigenvalue weighted by atomic mass is 10.1. The Labute approximate surface area is 139 Å². The third-order valence-corrected chi connectivity index (χ3v) is 4.15. The van der Waals surface area contributed by atoms with Crippen molar-refractivity contribution in [3.8, 4) is 0 Å². The minimum Gasteiger partial charge on any atom is -0.478 e. The van der Waals surface area contributed by atoms with Crippen molar-refractivity contribution >= 4 is 23.2 Å². The van der Waals surface area contributed by atoms with E-state index in [0.29, 0.717) is 6.42 Å². The number of carbonyl (C=O) groups is 2. The number of benzene rings is 1. The van der Waals surface area contributed by atoms with Crippen molar-refractivity contribution < 1.29 is 27.9 Å². The topological polar surface area (TPSA) is 79.3 Å². The van der Waals surface area contributed by atoms with Crippen LogP contribution >= 0.6 is 11.3 Å². The summed E-state index contributed by atoms with van der Waals surface area (Å²) in [5, 5.41) is 12.6. The van der Waals surface area contributed by atoms with Crippen molar-refractivity contribution in [3.05, 3.63) is 51.5 Å². The Morgan fingerprint density at radius 3 is 2.54 bits per heavy atom. The highest BCUT2D eigenvalue weighted by Crippen LogP contribution is 2.32. The molecule has 0 saturated carbocycles. The molecule has 0 aliphatic heterocycles. The van der Waals surface area contributed by atoms with Crippen LogP contribution in [0.4, 0.5) is 13.2 Å². The number of halogens is 3. The second kappa shape index (κ2) is 7.00. The van der Waals surface area contributed by atoms with E-state index in [1.165, 1.54) is 24.3 Å². The highest BCUT2D eigenvalue weighted by molar-refractivity contribution is 7.09. The van der Waals surface area contributed by atoms with E-state index in [1.54, 1.807) is 6.92 Å². The maximum Gasteiger partial charge on any atom is 0.434 e. The average Bonchev–Trinajstić information content (AvgIpc) is 3.02. The molecule has 1 atom stereocenters. The van der Waals surface area contributed by atoms with Gasteiger partial charge in [0.15, 0.2) is 5.69 Å². The molecule has 1 aromatic carbocycles. The number of hydrogen-bond acceptors (Lipinski definition) is 4. The molecule has 1 unspecified atom stereocenters. The zero-order valence-corrected chi connectivity index (χ0v) is 13.2. The lowest BCUT2D eigenvalue weighted by Crippen LogP contribution is -2.28. The second-order valence-corrected chi connectivity index (χ2v) is 5.78. The summed E-state index contributed by atoms with van der Waals surface area (Å²) < 4.78 is 37.9.